The number of halogens is 2. The minimum absolute atomic E-state index is 0.257. The van der Waals surface area contributed by atoms with Crippen molar-refractivity contribution < 1.29 is 13.6 Å². The van der Waals surface area contributed by atoms with Gasteiger partial charge in [-0.15, -0.1) is 0 Å². The van der Waals surface area contributed by atoms with Gasteiger partial charge in [-0.1, -0.05) is 6.07 Å². The van der Waals surface area contributed by atoms with Crippen LogP contribution in [-0.2, 0) is 4.84 Å². The molecule has 0 saturated carbocycles. The fourth-order valence-electron chi connectivity index (χ4n) is 0.528. The van der Waals surface area contributed by atoms with Gasteiger partial charge in [0.2, 0.25) is 0 Å². The van der Waals surface area contributed by atoms with E-state index < -0.39 is 6.61 Å². The van der Waals surface area contributed by atoms with Gasteiger partial charge in [0.15, 0.2) is 0 Å². The second-order valence-electron chi connectivity index (χ2n) is 1.70. The SMILES string of the molecule is FC(F)ONc1ccccn1. The Kier molecular flexibility index (Phi) is 2.74. The van der Waals surface area contributed by atoms with Crippen LogP contribution in [0.15, 0.2) is 24.4 Å². The Morgan fingerprint density at radius 3 is 2.82 bits per heavy atom. The molecule has 0 aromatic carbocycles. The average molecular weight is 160 g/mol. The van der Waals surface area contributed by atoms with Crippen LogP contribution in [0, 0.1) is 0 Å². The minimum Gasteiger partial charge on any atom is -0.243 e. The lowest BCUT2D eigenvalue weighted by molar-refractivity contribution is -0.106. The number of aromatic nitrogens is 1. The van der Waals surface area contributed by atoms with Crippen LogP contribution in [0.3, 0.4) is 0 Å². The van der Waals surface area contributed by atoms with Crippen molar-refractivity contribution in [3.63, 3.8) is 0 Å². The Balaban J connectivity index is 2.39. The lowest BCUT2D eigenvalue weighted by Gasteiger charge is -2.02. The quantitative estimate of drug-likeness (QED) is 0.682. The van der Waals surface area contributed by atoms with E-state index in [1.807, 2.05) is 5.48 Å². The lowest BCUT2D eigenvalue weighted by atomic mass is 10.5. The first-order chi connectivity index (χ1) is 5.29. The highest BCUT2D eigenvalue weighted by Gasteiger charge is 2.00. The molecule has 0 saturated heterocycles. The maximum Gasteiger partial charge on any atom is 0.364 e. The summed E-state index contributed by atoms with van der Waals surface area (Å²) in [5, 5.41) is 0. The molecule has 60 valence electrons. The van der Waals surface area contributed by atoms with Gasteiger partial charge < -0.3 is 0 Å². The molecule has 11 heavy (non-hydrogen) atoms. The van der Waals surface area contributed by atoms with Crippen molar-refractivity contribution >= 4 is 5.82 Å². The Labute approximate surface area is 62.0 Å². The Hall–Kier alpha value is -1.23. The van der Waals surface area contributed by atoms with Crippen molar-refractivity contribution in [2.45, 2.75) is 6.61 Å². The molecule has 0 unspecified atom stereocenters. The number of alkyl halides is 2. The van der Waals surface area contributed by atoms with Gasteiger partial charge in [-0.2, -0.15) is 8.78 Å². The first-order valence-corrected chi connectivity index (χ1v) is 2.90. The number of rotatable bonds is 3. The first kappa shape index (κ1) is 7.87. The number of nitrogens with one attached hydrogen (secondary N) is 1. The summed E-state index contributed by atoms with van der Waals surface area (Å²) in [4.78, 5) is 7.46. The van der Waals surface area contributed by atoms with Crippen molar-refractivity contribution in [3.8, 4) is 0 Å². The molecular weight excluding hydrogens is 154 g/mol. The van der Waals surface area contributed by atoms with Crippen LogP contribution in [0.25, 0.3) is 0 Å². The molecule has 0 amide bonds. The van der Waals surface area contributed by atoms with E-state index in [1.54, 1.807) is 12.1 Å². The molecule has 5 heteroatoms. The molecule has 0 radical (unpaired) electrons. The number of nitrogens with zero attached hydrogens (tertiary/aromatic N) is 1. The van der Waals surface area contributed by atoms with Crippen LogP contribution >= 0.6 is 0 Å². The monoisotopic (exact) mass is 160 g/mol. The van der Waals surface area contributed by atoms with Crippen LogP contribution in [-0.4, -0.2) is 11.6 Å². The van der Waals surface area contributed by atoms with Gasteiger partial charge in [0.1, 0.15) is 5.82 Å². The molecule has 0 bridgehead atoms. The maximum absolute atomic E-state index is 11.4. The van der Waals surface area contributed by atoms with E-state index in [0.717, 1.165) is 0 Å². The van der Waals surface area contributed by atoms with Crippen molar-refractivity contribution in [2.75, 3.05) is 5.48 Å². The fourth-order valence-corrected chi connectivity index (χ4v) is 0.528. The third-order valence-corrected chi connectivity index (χ3v) is 0.917. The van der Waals surface area contributed by atoms with E-state index in [9.17, 15) is 8.78 Å². The van der Waals surface area contributed by atoms with Gasteiger partial charge in [-0.3, -0.25) is 0 Å². The van der Waals surface area contributed by atoms with Crippen molar-refractivity contribution in [3.05, 3.63) is 24.4 Å². The minimum atomic E-state index is -2.84. The van der Waals surface area contributed by atoms with Gasteiger partial charge >= 0.3 is 6.61 Å². The summed E-state index contributed by atoms with van der Waals surface area (Å²) in [7, 11) is 0. The molecule has 0 aliphatic rings. The number of pyridine rings is 1. The molecule has 1 N–H and O–H groups in total. The largest absolute Gasteiger partial charge is 0.364 e. The summed E-state index contributed by atoms with van der Waals surface area (Å²) in [6.45, 7) is -2.84. The standard InChI is InChI=1S/C6H6F2N2O/c7-6(8)11-10-5-3-1-2-4-9-5/h1-4,6H,(H,9,10). The summed E-state index contributed by atoms with van der Waals surface area (Å²) in [6.07, 6.45) is 1.47. The van der Waals surface area contributed by atoms with Crippen LogP contribution in [0.1, 0.15) is 0 Å². The lowest BCUT2D eigenvalue weighted by Crippen LogP contribution is -2.07. The molecule has 0 atom stereocenters. The Morgan fingerprint density at radius 2 is 2.27 bits per heavy atom. The third kappa shape index (κ3) is 2.90. The smallest absolute Gasteiger partial charge is 0.243 e. The highest BCUT2D eigenvalue weighted by molar-refractivity contribution is 5.29. The van der Waals surface area contributed by atoms with E-state index in [0.29, 0.717) is 0 Å². The fraction of sp³-hybridized carbons (Fsp3) is 0.167. The number of anilines is 1. The van der Waals surface area contributed by atoms with Crippen LogP contribution in [0.5, 0.6) is 0 Å². The average Bonchev–Trinajstić information content (AvgIpc) is 2.03. The third-order valence-electron chi connectivity index (χ3n) is 0.917. The maximum atomic E-state index is 11.4. The van der Waals surface area contributed by atoms with Crippen molar-refractivity contribution in [1.82, 2.24) is 4.98 Å². The molecule has 3 nitrogen and oxygen atoms in total. The molecule has 1 aromatic rings. The molecule has 0 spiro atoms. The van der Waals surface area contributed by atoms with E-state index in [1.165, 1.54) is 12.3 Å². The molecule has 0 fully saturated rings. The topological polar surface area (TPSA) is 34.1 Å². The van der Waals surface area contributed by atoms with Crippen molar-refractivity contribution in [1.29, 1.82) is 0 Å². The van der Waals surface area contributed by atoms with E-state index in [4.69, 9.17) is 0 Å². The molecule has 1 aromatic heterocycles. The molecule has 1 heterocycles. The molecule has 0 aliphatic carbocycles. The van der Waals surface area contributed by atoms with Gasteiger partial charge in [-0.05, 0) is 12.1 Å². The summed E-state index contributed by atoms with van der Waals surface area (Å²) >= 11 is 0. The van der Waals surface area contributed by atoms with Crippen molar-refractivity contribution in [2.24, 2.45) is 0 Å². The second-order valence-corrected chi connectivity index (χ2v) is 1.70. The van der Waals surface area contributed by atoms with Gasteiger partial charge in [-0.25, -0.2) is 15.3 Å². The summed E-state index contributed by atoms with van der Waals surface area (Å²) in [5.74, 6) is 0.257. The highest BCUT2D eigenvalue weighted by Crippen LogP contribution is 2.02. The van der Waals surface area contributed by atoms with Gasteiger partial charge in [0, 0.05) is 6.20 Å². The van der Waals surface area contributed by atoms with E-state index in [-0.39, 0.29) is 5.82 Å². The zero-order chi connectivity index (χ0) is 8.10. The van der Waals surface area contributed by atoms with Crippen LogP contribution in [0.4, 0.5) is 14.6 Å². The molecular formula is C6H6F2N2O. The number of hydrogen-bond donors (Lipinski definition) is 1. The zero-order valence-electron chi connectivity index (χ0n) is 5.50. The zero-order valence-corrected chi connectivity index (χ0v) is 5.50. The van der Waals surface area contributed by atoms with E-state index in [2.05, 4.69) is 9.82 Å². The summed E-state index contributed by atoms with van der Waals surface area (Å²) < 4.78 is 22.8. The summed E-state index contributed by atoms with van der Waals surface area (Å²) in [5.41, 5.74) is 1.98. The first-order valence-electron chi connectivity index (χ1n) is 2.90. The second kappa shape index (κ2) is 3.82. The number of hydrogen-bond acceptors (Lipinski definition) is 3. The Bertz CT molecular complexity index is 205. The molecule has 1 rings (SSSR count). The van der Waals surface area contributed by atoms with E-state index >= 15 is 0 Å². The van der Waals surface area contributed by atoms with Gasteiger partial charge in [0.05, 0.1) is 0 Å². The van der Waals surface area contributed by atoms with Gasteiger partial charge in [0.25, 0.3) is 0 Å². The Morgan fingerprint density at radius 1 is 1.45 bits per heavy atom. The summed E-state index contributed by atoms with van der Waals surface area (Å²) in [6, 6.07) is 4.85. The molecule has 0 aliphatic heterocycles. The van der Waals surface area contributed by atoms with Crippen LogP contribution in [0.2, 0.25) is 0 Å². The highest BCUT2D eigenvalue weighted by atomic mass is 19.3. The normalized spacial score (nSPS) is 10.1. The van der Waals surface area contributed by atoms with Crippen LogP contribution < -0.4 is 5.48 Å². The predicted octanol–water partition coefficient (Wildman–Crippen LogP) is 1.65. The predicted molar refractivity (Wildman–Crippen MR) is 34.9 cm³/mol.